The third-order valence-electron chi connectivity index (χ3n) is 1.73. The molecule has 2 N–H and O–H groups in total. The van der Waals surface area contributed by atoms with Crippen LogP contribution in [-0.2, 0) is 4.79 Å². The van der Waals surface area contributed by atoms with Crippen LogP contribution in [0.3, 0.4) is 0 Å². The van der Waals surface area contributed by atoms with E-state index in [1.807, 2.05) is 6.92 Å². The standard InChI is InChI=1S/C7H11N3O2/c1-5(2-3-7(11)12)6-4-8-10-9-6/h4-5H,2-3H2,1H3,(H,11,12)(H,8,9,10). The van der Waals surface area contributed by atoms with E-state index in [-0.39, 0.29) is 12.3 Å². The van der Waals surface area contributed by atoms with E-state index in [4.69, 9.17) is 5.11 Å². The van der Waals surface area contributed by atoms with Gasteiger partial charge in [-0.2, -0.15) is 15.4 Å². The lowest BCUT2D eigenvalue weighted by molar-refractivity contribution is -0.137. The number of nitrogens with zero attached hydrogens (tertiary/aromatic N) is 2. The average Bonchev–Trinajstić information content (AvgIpc) is 2.51. The number of aliphatic carboxylic acids is 1. The Kier molecular flexibility index (Phi) is 2.79. The van der Waals surface area contributed by atoms with E-state index in [9.17, 15) is 4.79 Å². The molecule has 0 saturated carbocycles. The summed E-state index contributed by atoms with van der Waals surface area (Å²) in [5.41, 5.74) is 0.816. The lowest BCUT2D eigenvalue weighted by Gasteiger charge is -2.03. The SMILES string of the molecule is CC(CCC(=O)O)c1cn[nH]n1. The number of carbonyl (C=O) groups is 1. The van der Waals surface area contributed by atoms with Gasteiger partial charge in [0.05, 0.1) is 11.9 Å². The van der Waals surface area contributed by atoms with Crippen molar-refractivity contribution >= 4 is 5.97 Å². The normalized spacial score (nSPS) is 12.8. The number of aromatic amines is 1. The van der Waals surface area contributed by atoms with E-state index in [1.165, 1.54) is 0 Å². The van der Waals surface area contributed by atoms with E-state index < -0.39 is 5.97 Å². The lowest BCUT2D eigenvalue weighted by atomic mass is 10.0. The van der Waals surface area contributed by atoms with Crippen LogP contribution in [0, 0.1) is 0 Å². The molecule has 12 heavy (non-hydrogen) atoms. The second-order valence-corrected chi connectivity index (χ2v) is 2.73. The lowest BCUT2D eigenvalue weighted by Crippen LogP contribution is -2.00. The number of rotatable bonds is 4. The van der Waals surface area contributed by atoms with Gasteiger partial charge in [-0.05, 0) is 6.42 Å². The molecule has 0 fully saturated rings. The number of hydrogen-bond acceptors (Lipinski definition) is 3. The van der Waals surface area contributed by atoms with Gasteiger partial charge in [-0.3, -0.25) is 4.79 Å². The summed E-state index contributed by atoms with van der Waals surface area (Å²) < 4.78 is 0. The molecule has 0 aromatic carbocycles. The largest absolute Gasteiger partial charge is 0.481 e. The first-order chi connectivity index (χ1) is 5.70. The van der Waals surface area contributed by atoms with Gasteiger partial charge in [0, 0.05) is 12.3 Å². The van der Waals surface area contributed by atoms with Gasteiger partial charge in [-0.1, -0.05) is 6.92 Å². The minimum absolute atomic E-state index is 0.153. The molecule has 0 spiro atoms. The summed E-state index contributed by atoms with van der Waals surface area (Å²) in [6.07, 6.45) is 2.39. The molecular weight excluding hydrogens is 158 g/mol. The van der Waals surface area contributed by atoms with E-state index in [1.54, 1.807) is 6.20 Å². The monoisotopic (exact) mass is 169 g/mol. The zero-order chi connectivity index (χ0) is 8.97. The highest BCUT2D eigenvalue weighted by molar-refractivity contribution is 5.66. The molecule has 1 heterocycles. The van der Waals surface area contributed by atoms with Crippen LogP contribution in [0.1, 0.15) is 31.4 Å². The molecule has 1 unspecified atom stereocenters. The zero-order valence-electron chi connectivity index (χ0n) is 6.82. The molecule has 1 aromatic rings. The zero-order valence-corrected chi connectivity index (χ0v) is 6.82. The van der Waals surface area contributed by atoms with Gasteiger partial charge < -0.3 is 5.11 Å². The fourth-order valence-corrected chi connectivity index (χ4v) is 0.936. The fraction of sp³-hybridized carbons (Fsp3) is 0.571. The quantitative estimate of drug-likeness (QED) is 0.697. The third kappa shape index (κ3) is 2.34. The molecule has 0 aliphatic rings. The van der Waals surface area contributed by atoms with Crippen LogP contribution in [-0.4, -0.2) is 26.5 Å². The van der Waals surface area contributed by atoms with Crippen molar-refractivity contribution < 1.29 is 9.90 Å². The summed E-state index contributed by atoms with van der Waals surface area (Å²) in [6.45, 7) is 1.93. The molecule has 5 heteroatoms. The molecular formula is C7H11N3O2. The number of carboxylic acid groups (broad SMARTS) is 1. The van der Waals surface area contributed by atoms with Crippen LogP contribution in [0.4, 0.5) is 0 Å². The predicted molar refractivity (Wildman–Crippen MR) is 41.7 cm³/mol. The Balaban J connectivity index is 2.39. The maximum atomic E-state index is 10.2. The number of carboxylic acids is 1. The molecule has 0 aliphatic carbocycles. The molecule has 5 nitrogen and oxygen atoms in total. The number of H-pyrrole nitrogens is 1. The minimum Gasteiger partial charge on any atom is -0.481 e. The van der Waals surface area contributed by atoms with Gasteiger partial charge in [-0.15, -0.1) is 0 Å². The molecule has 0 aliphatic heterocycles. The number of hydrogen-bond donors (Lipinski definition) is 2. The summed E-state index contributed by atoms with van der Waals surface area (Å²) in [6, 6.07) is 0. The molecule has 0 amide bonds. The third-order valence-corrected chi connectivity index (χ3v) is 1.73. The van der Waals surface area contributed by atoms with Crippen molar-refractivity contribution in [3.8, 4) is 0 Å². The fourth-order valence-electron chi connectivity index (χ4n) is 0.936. The molecule has 1 rings (SSSR count). The van der Waals surface area contributed by atoms with Crippen LogP contribution < -0.4 is 0 Å². The number of aromatic nitrogens is 3. The van der Waals surface area contributed by atoms with E-state index in [0.717, 1.165) is 5.69 Å². The highest BCUT2D eigenvalue weighted by atomic mass is 16.4. The second-order valence-electron chi connectivity index (χ2n) is 2.73. The van der Waals surface area contributed by atoms with E-state index in [0.29, 0.717) is 6.42 Å². The molecule has 0 saturated heterocycles. The molecule has 0 bridgehead atoms. The smallest absolute Gasteiger partial charge is 0.303 e. The van der Waals surface area contributed by atoms with Crippen molar-refractivity contribution in [2.45, 2.75) is 25.7 Å². The van der Waals surface area contributed by atoms with Crippen molar-refractivity contribution in [2.24, 2.45) is 0 Å². The van der Waals surface area contributed by atoms with E-state index >= 15 is 0 Å². The Morgan fingerprint density at radius 2 is 2.58 bits per heavy atom. The Hall–Kier alpha value is -1.39. The van der Waals surface area contributed by atoms with E-state index in [2.05, 4.69) is 15.4 Å². The maximum Gasteiger partial charge on any atom is 0.303 e. The topological polar surface area (TPSA) is 78.9 Å². The second kappa shape index (κ2) is 3.85. The average molecular weight is 169 g/mol. The van der Waals surface area contributed by atoms with Gasteiger partial charge in [0.25, 0.3) is 0 Å². The Morgan fingerprint density at radius 3 is 3.08 bits per heavy atom. The molecule has 0 radical (unpaired) electrons. The first kappa shape index (κ1) is 8.70. The highest BCUT2D eigenvalue weighted by Gasteiger charge is 2.09. The number of nitrogens with one attached hydrogen (secondary N) is 1. The van der Waals surface area contributed by atoms with Crippen LogP contribution in [0.5, 0.6) is 0 Å². The molecule has 1 atom stereocenters. The molecule has 66 valence electrons. The van der Waals surface area contributed by atoms with Crippen LogP contribution in [0.15, 0.2) is 6.20 Å². The summed E-state index contributed by atoms with van der Waals surface area (Å²) in [7, 11) is 0. The molecule has 1 aromatic heterocycles. The van der Waals surface area contributed by atoms with Gasteiger partial charge >= 0.3 is 5.97 Å². The van der Waals surface area contributed by atoms with Crippen molar-refractivity contribution in [3.63, 3.8) is 0 Å². The Labute approximate surface area is 69.8 Å². The van der Waals surface area contributed by atoms with Crippen LogP contribution >= 0.6 is 0 Å². The minimum atomic E-state index is -0.773. The highest BCUT2D eigenvalue weighted by Crippen LogP contribution is 2.16. The summed E-state index contributed by atoms with van der Waals surface area (Å²) in [4.78, 5) is 10.2. The van der Waals surface area contributed by atoms with Crippen molar-refractivity contribution in [2.75, 3.05) is 0 Å². The van der Waals surface area contributed by atoms with Gasteiger partial charge in [0.15, 0.2) is 0 Å². The van der Waals surface area contributed by atoms with Gasteiger partial charge in [0.1, 0.15) is 0 Å². The van der Waals surface area contributed by atoms with Gasteiger partial charge in [-0.25, -0.2) is 0 Å². The summed E-state index contributed by atoms with van der Waals surface area (Å²) in [5.74, 6) is -0.620. The van der Waals surface area contributed by atoms with Gasteiger partial charge in [0.2, 0.25) is 0 Å². The predicted octanol–water partition coefficient (Wildman–Crippen LogP) is 0.773. The first-order valence-corrected chi connectivity index (χ1v) is 3.77. The Bertz CT molecular complexity index is 245. The maximum absolute atomic E-state index is 10.2. The summed E-state index contributed by atoms with van der Waals surface area (Å²) in [5, 5.41) is 18.4. The first-order valence-electron chi connectivity index (χ1n) is 3.77. The van der Waals surface area contributed by atoms with Crippen LogP contribution in [0.2, 0.25) is 0 Å². The van der Waals surface area contributed by atoms with Crippen molar-refractivity contribution in [3.05, 3.63) is 11.9 Å². The van der Waals surface area contributed by atoms with Crippen LogP contribution in [0.25, 0.3) is 0 Å². The Morgan fingerprint density at radius 1 is 1.83 bits per heavy atom. The van der Waals surface area contributed by atoms with Crippen molar-refractivity contribution in [1.29, 1.82) is 0 Å². The van der Waals surface area contributed by atoms with Crippen molar-refractivity contribution in [1.82, 2.24) is 15.4 Å². The summed E-state index contributed by atoms with van der Waals surface area (Å²) >= 11 is 0.